The predicted molar refractivity (Wildman–Crippen MR) is 84.4 cm³/mol. The highest BCUT2D eigenvalue weighted by Gasteiger charge is 2.12. The molecule has 0 bridgehead atoms. The molecule has 0 aromatic heterocycles. The van der Waals surface area contributed by atoms with E-state index in [4.69, 9.17) is 23.2 Å². The summed E-state index contributed by atoms with van der Waals surface area (Å²) in [6.45, 7) is 6.17. The molecule has 1 atom stereocenters. The first-order valence-corrected chi connectivity index (χ1v) is 7.12. The van der Waals surface area contributed by atoms with Crippen LogP contribution < -0.4 is 5.32 Å². The summed E-state index contributed by atoms with van der Waals surface area (Å²) in [5.41, 5.74) is 4.31. The molecule has 2 rings (SSSR count). The van der Waals surface area contributed by atoms with E-state index in [0.29, 0.717) is 5.69 Å². The lowest BCUT2D eigenvalue weighted by atomic mass is 10.00. The van der Waals surface area contributed by atoms with Crippen LogP contribution in [-0.4, -0.2) is 0 Å². The minimum absolute atomic E-state index is 0.0214. The van der Waals surface area contributed by atoms with Gasteiger partial charge < -0.3 is 5.32 Å². The van der Waals surface area contributed by atoms with Crippen molar-refractivity contribution < 1.29 is 4.39 Å². The monoisotopic (exact) mass is 311 g/mol. The van der Waals surface area contributed by atoms with Gasteiger partial charge in [-0.05, 0) is 44.0 Å². The van der Waals surface area contributed by atoms with Gasteiger partial charge in [-0.2, -0.15) is 0 Å². The smallest absolute Gasteiger partial charge is 0.160 e. The van der Waals surface area contributed by atoms with E-state index in [1.54, 1.807) is 12.1 Å². The number of rotatable bonds is 3. The summed E-state index contributed by atoms with van der Waals surface area (Å²) in [5.74, 6) is -0.585. The Labute approximate surface area is 128 Å². The fourth-order valence-electron chi connectivity index (χ4n) is 2.19. The van der Waals surface area contributed by atoms with Crippen LogP contribution in [0.25, 0.3) is 0 Å². The summed E-state index contributed by atoms with van der Waals surface area (Å²) in [5, 5.41) is 3.34. The molecule has 0 saturated carbocycles. The van der Waals surface area contributed by atoms with Gasteiger partial charge >= 0.3 is 0 Å². The molecule has 0 amide bonds. The first-order valence-electron chi connectivity index (χ1n) is 6.36. The molecule has 0 aliphatic heterocycles. The van der Waals surface area contributed by atoms with Crippen molar-refractivity contribution in [2.75, 3.05) is 5.32 Å². The second kappa shape index (κ2) is 6.02. The van der Waals surface area contributed by atoms with Crippen molar-refractivity contribution in [3.05, 3.63) is 62.9 Å². The van der Waals surface area contributed by atoms with Gasteiger partial charge in [0.1, 0.15) is 0 Å². The second-order valence-corrected chi connectivity index (χ2v) is 5.79. The Balaban J connectivity index is 2.27. The zero-order chi connectivity index (χ0) is 14.9. The van der Waals surface area contributed by atoms with E-state index in [0.717, 1.165) is 0 Å². The maximum absolute atomic E-state index is 13.4. The third-order valence-corrected chi connectivity index (χ3v) is 3.82. The summed E-state index contributed by atoms with van der Waals surface area (Å²) in [6.07, 6.45) is 0. The normalized spacial score (nSPS) is 12.3. The van der Waals surface area contributed by atoms with Crippen LogP contribution in [0.3, 0.4) is 0 Å². The van der Waals surface area contributed by atoms with E-state index < -0.39 is 5.82 Å². The molecule has 0 aliphatic carbocycles. The molecule has 1 N–H and O–H groups in total. The third kappa shape index (κ3) is 3.25. The Morgan fingerprint density at radius 1 is 1.05 bits per heavy atom. The Morgan fingerprint density at radius 2 is 1.65 bits per heavy atom. The van der Waals surface area contributed by atoms with Gasteiger partial charge in [0.2, 0.25) is 0 Å². The van der Waals surface area contributed by atoms with Crippen LogP contribution in [0.4, 0.5) is 10.1 Å². The summed E-state index contributed by atoms with van der Waals surface area (Å²) in [4.78, 5) is 0. The molecule has 106 valence electrons. The zero-order valence-electron chi connectivity index (χ0n) is 11.6. The quantitative estimate of drug-likeness (QED) is 0.693. The van der Waals surface area contributed by atoms with E-state index in [-0.39, 0.29) is 16.1 Å². The van der Waals surface area contributed by atoms with Gasteiger partial charge in [0.15, 0.2) is 5.82 Å². The molecule has 0 aliphatic rings. The highest BCUT2D eigenvalue weighted by atomic mass is 35.5. The largest absolute Gasteiger partial charge is 0.378 e. The second-order valence-electron chi connectivity index (χ2n) is 4.98. The Kier molecular flexibility index (Phi) is 4.56. The average molecular weight is 312 g/mol. The maximum Gasteiger partial charge on any atom is 0.160 e. The summed E-state index contributed by atoms with van der Waals surface area (Å²) in [7, 11) is 0. The van der Waals surface area contributed by atoms with Crippen molar-refractivity contribution in [2.24, 2.45) is 0 Å². The van der Waals surface area contributed by atoms with Gasteiger partial charge in [0, 0.05) is 11.7 Å². The van der Waals surface area contributed by atoms with Crippen LogP contribution in [-0.2, 0) is 0 Å². The van der Waals surface area contributed by atoms with Crippen molar-refractivity contribution in [1.29, 1.82) is 0 Å². The molecule has 0 saturated heterocycles. The standard InChI is InChI=1S/C16H16Cl2FN/c1-9-4-5-10(2)13(6-9)11(3)20-12-7-14(17)16(19)15(18)8-12/h4-8,11,20H,1-3H3. The number of benzene rings is 2. The maximum atomic E-state index is 13.4. The molecule has 2 aromatic rings. The number of anilines is 1. The van der Waals surface area contributed by atoms with Crippen LogP contribution in [0.15, 0.2) is 30.3 Å². The van der Waals surface area contributed by atoms with Gasteiger partial charge in [0.05, 0.1) is 10.0 Å². The van der Waals surface area contributed by atoms with Crippen molar-refractivity contribution in [3.63, 3.8) is 0 Å². The fourth-order valence-corrected chi connectivity index (χ4v) is 2.68. The number of hydrogen-bond acceptors (Lipinski definition) is 1. The van der Waals surface area contributed by atoms with Crippen molar-refractivity contribution >= 4 is 28.9 Å². The average Bonchev–Trinajstić information content (AvgIpc) is 2.38. The topological polar surface area (TPSA) is 12.0 Å². The molecule has 20 heavy (non-hydrogen) atoms. The molecule has 0 heterocycles. The lowest BCUT2D eigenvalue weighted by molar-refractivity contribution is 0.628. The van der Waals surface area contributed by atoms with Crippen molar-refractivity contribution in [3.8, 4) is 0 Å². The lowest BCUT2D eigenvalue weighted by Gasteiger charge is -2.19. The number of halogens is 3. The minimum Gasteiger partial charge on any atom is -0.378 e. The van der Waals surface area contributed by atoms with Gasteiger partial charge in [-0.15, -0.1) is 0 Å². The van der Waals surface area contributed by atoms with E-state index in [2.05, 4.69) is 37.4 Å². The molecular formula is C16H16Cl2FN. The van der Waals surface area contributed by atoms with Crippen LogP contribution in [0.5, 0.6) is 0 Å². The fraction of sp³-hybridized carbons (Fsp3) is 0.250. The van der Waals surface area contributed by atoms with Crippen LogP contribution >= 0.6 is 23.2 Å². The van der Waals surface area contributed by atoms with Crippen molar-refractivity contribution in [2.45, 2.75) is 26.8 Å². The molecule has 0 fully saturated rings. The van der Waals surface area contributed by atoms with Crippen LogP contribution in [0.2, 0.25) is 10.0 Å². The predicted octanol–water partition coefficient (Wildman–Crippen LogP) is 5.92. The van der Waals surface area contributed by atoms with Gasteiger partial charge in [-0.25, -0.2) is 4.39 Å². The van der Waals surface area contributed by atoms with E-state index in [9.17, 15) is 4.39 Å². The van der Waals surface area contributed by atoms with E-state index in [1.807, 2.05) is 6.92 Å². The van der Waals surface area contributed by atoms with Gasteiger partial charge in [0.25, 0.3) is 0 Å². The van der Waals surface area contributed by atoms with Crippen molar-refractivity contribution in [1.82, 2.24) is 0 Å². The Hall–Kier alpha value is -1.25. The van der Waals surface area contributed by atoms with E-state index in [1.165, 1.54) is 16.7 Å². The van der Waals surface area contributed by atoms with E-state index >= 15 is 0 Å². The minimum atomic E-state index is -0.585. The third-order valence-electron chi connectivity index (χ3n) is 3.27. The first-order chi connectivity index (χ1) is 9.38. The highest BCUT2D eigenvalue weighted by Crippen LogP contribution is 2.30. The molecule has 2 aromatic carbocycles. The summed E-state index contributed by atoms with van der Waals surface area (Å²) in [6, 6.07) is 9.48. The van der Waals surface area contributed by atoms with Gasteiger partial charge in [-0.3, -0.25) is 0 Å². The molecule has 4 heteroatoms. The number of hydrogen-bond donors (Lipinski definition) is 1. The SMILES string of the molecule is Cc1ccc(C)c(C(C)Nc2cc(Cl)c(F)c(Cl)c2)c1. The Morgan fingerprint density at radius 3 is 2.25 bits per heavy atom. The number of nitrogens with one attached hydrogen (secondary N) is 1. The Bertz CT molecular complexity index is 617. The summed E-state index contributed by atoms with van der Waals surface area (Å²) >= 11 is 11.6. The number of aryl methyl sites for hydroxylation is 2. The lowest BCUT2D eigenvalue weighted by Crippen LogP contribution is -2.08. The highest BCUT2D eigenvalue weighted by molar-refractivity contribution is 6.35. The summed E-state index contributed by atoms with van der Waals surface area (Å²) < 4.78 is 13.4. The molecule has 1 nitrogen and oxygen atoms in total. The molecule has 0 spiro atoms. The van der Waals surface area contributed by atoms with Gasteiger partial charge in [-0.1, -0.05) is 47.0 Å². The molecular weight excluding hydrogens is 296 g/mol. The first kappa shape index (κ1) is 15.1. The zero-order valence-corrected chi connectivity index (χ0v) is 13.1. The molecule has 1 unspecified atom stereocenters. The molecule has 0 radical (unpaired) electrons. The van der Waals surface area contributed by atoms with Crippen LogP contribution in [0, 0.1) is 19.7 Å². The van der Waals surface area contributed by atoms with Crippen LogP contribution in [0.1, 0.15) is 29.7 Å².